The smallest absolute Gasteiger partial charge is 0.320 e. The van der Waals surface area contributed by atoms with Gasteiger partial charge in [0.05, 0.1) is 5.92 Å². The normalized spacial score (nSPS) is 28.0. The van der Waals surface area contributed by atoms with Crippen LogP contribution in [0.2, 0.25) is 0 Å². The van der Waals surface area contributed by atoms with E-state index in [-0.39, 0.29) is 18.0 Å². The Kier molecular flexibility index (Phi) is 5.08. The number of aliphatic carboxylic acids is 1. The number of carbonyl (C=O) groups is 2. The van der Waals surface area contributed by atoms with E-state index in [1.807, 2.05) is 16.7 Å². The second-order valence-corrected chi connectivity index (χ2v) is 6.50. The van der Waals surface area contributed by atoms with Crippen molar-refractivity contribution < 1.29 is 14.7 Å². The molecule has 2 aliphatic rings. The predicted octanol–water partition coefficient (Wildman–Crippen LogP) is 1.32. The topological polar surface area (TPSA) is 64.1 Å². The van der Waals surface area contributed by atoms with Crippen LogP contribution in [0.5, 0.6) is 0 Å². The first-order chi connectivity index (χ1) is 9.90. The van der Waals surface area contributed by atoms with E-state index in [1.165, 1.54) is 0 Å². The lowest BCUT2D eigenvalue weighted by Gasteiger charge is -2.42. The highest BCUT2D eigenvalue weighted by Crippen LogP contribution is 2.24. The minimum absolute atomic E-state index is 0.00970. The molecule has 21 heavy (non-hydrogen) atoms. The van der Waals surface area contributed by atoms with Crippen molar-refractivity contribution in [3.05, 3.63) is 0 Å². The molecule has 1 N–H and O–H groups in total. The van der Waals surface area contributed by atoms with Gasteiger partial charge < -0.3 is 14.9 Å². The molecule has 0 aromatic rings. The summed E-state index contributed by atoms with van der Waals surface area (Å²) in [7, 11) is 0. The summed E-state index contributed by atoms with van der Waals surface area (Å²) >= 11 is 0. The molecule has 2 amide bonds. The zero-order valence-corrected chi connectivity index (χ0v) is 13.3. The predicted molar refractivity (Wildman–Crippen MR) is 80.2 cm³/mol. The Bertz CT molecular complexity index is 392. The molecule has 2 fully saturated rings. The number of carboxylic acid groups (broad SMARTS) is 1. The van der Waals surface area contributed by atoms with Gasteiger partial charge in [-0.05, 0) is 33.6 Å². The summed E-state index contributed by atoms with van der Waals surface area (Å²) in [6.07, 6.45) is 1.13. The van der Waals surface area contributed by atoms with Crippen LogP contribution in [-0.4, -0.2) is 76.6 Å². The maximum Gasteiger partial charge on any atom is 0.320 e. The van der Waals surface area contributed by atoms with Crippen LogP contribution in [0.15, 0.2) is 0 Å². The molecule has 0 aromatic carbocycles. The fourth-order valence-corrected chi connectivity index (χ4v) is 3.29. The molecule has 2 saturated heterocycles. The number of hydrogen-bond acceptors (Lipinski definition) is 3. The number of piperidine rings is 1. The number of carbonyl (C=O) groups excluding carboxylic acids is 1. The van der Waals surface area contributed by atoms with E-state index in [0.717, 1.165) is 26.2 Å². The number of nitrogens with zero attached hydrogens (tertiary/aromatic N) is 3. The molecular formula is C15H27N3O3. The van der Waals surface area contributed by atoms with Crippen LogP contribution in [0.1, 0.15) is 33.6 Å². The van der Waals surface area contributed by atoms with Gasteiger partial charge in [0.25, 0.3) is 0 Å². The molecule has 2 rings (SSSR count). The van der Waals surface area contributed by atoms with Gasteiger partial charge in [-0.15, -0.1) is 0 Å². The molecule has 0 bridgehead atoms. The molecule has 0 aliphatic carbocycles. The molecule has 0 saturated carbocycles. The van der Waals surface area contributed by atoms with Crippen LogP contribution in [0.4, 0.5) is 4.79 Å². The number of piperazine rings is 1. The quantitative estimate of drug-likeness (QED) is 0.835. The van der Waals surface area contributed by atoms with Crippen LogP contribution >= 0.6 is 0 Å². The molecule has 2 heterocycles. The van der Waals surface area contributed by atoms with Crippen LogP contribution in [0, 0.1) is 5.92 Å². The van der Waals surface area contributed by atoms with Crippen molar-refractivity contribution >= 4 is 12.0 Å². The SMILES string of the molecule is CC(C)N1CCN(C(=O)N2CCC(C(=O)O)CC2C)CC1. The van der Waals surface area contributed by atoms with E-state index >= 15 is 0 Å². The molecule has 120 valence electrons. The fraction of sp³-hybridized carbons (Fsp3) is 0.867. The van der Waals surface area contributed by atoms with Gasteiger partial charge in [-0.3, -0.25) is 9.69 Å². The average Bonchev–Trinajstić information content (AvgIpc) is 2.46. The van der Waals surface area contributed by atoms with Crippen molar-refractivity contribution in [2.45, 2.75) is 45.7 Å². The largest absolute Gasteiger partial charge is 0.481 e. The fourth-order valence-electron chi connectivity index (χ4n) is 3.29. The lowest BCUT2D eigenvalue weighted by molar-refractivity contribution is -0.143. The highest BCUT2D eigenvalue weighted by Gasteiger charge is 2.35. The Labute approximate surface area is 126 Å². The molecule has 2 unspecified atom stereocenters. The second kappa shape index (κ2) is 6.64. The van der Waals surface area contributed by atoms with E-state index in [9.17, 15) is 9.59 Å². The summed E-state index contributed by atoms with van der Waals surface area (Å²) in [6.45, 7) is 10.2. The summed E-state index contributed by atoms with van der Waals surface area (Å²) in [4.78, 5) is 29.8. The zero-order chi connectivity index (χ0) is 15.6. The summed E-state index contributed by atoms with van der Waals surface area (Å²) < 4.78 is 0. The highest BCUT2D eigenvalue weighted by atomic mass is 16.4. The van der Waals surface area contributed by atoms with Crippen LogP contribution in [-0.2, 0) is 4.79 Å². The first-order valence-corrected chi connectivity index (χ1v) is 7.92. The molecule has 6 nitrogen and oxygen atoms in total. The number of rotatable bonds is 2. The number of amides is 2. The van der Waals surface area contributed by atoms with Crippen LogP contribution < -0.4 is 0 Å². The Morgan fingerprint density at radius 3 is 2.19 bits per heavy atom. The van der Waals surface area contributed by atoms with E-state index < -0.39 is 5.97 Å². The van der Waals surface area contributed by atoms with E-state index in [0.29, 0.717) is 25.4 Å². The standard InChI is InChI=1S/C15H27N3O3/c1-11(2)16-6-8-17(9-7-16)15(21)18-5-4-13(14(19)20)10-12(18)3/h11-13H,4-10H2,1-3H3,(H,19,20). The van der Waals surface area contributed by atoms with Gasteiger partial charge >= 0.3 is 12.0 Å². The van der Waals surface area contributed by atoms with Gasteiger partial charge in [0, 0.05) is 44.8 Å². The molecule has 0 spiro atoms. The molecule has 6 heteroatoms. The maximum absolute atomic E-state index is 12.6. The third kappa shape index (κ3) is 3.67. The average molecular weight is 297 g/mol. The van der Waals surface area contributed by atoms with E-state index in [1.54, 1.807) is 0 Å². The second-order valence-electron chi connectivity index (χ2n) is 6.50. The van der Waals surface area contributed by atoms with Crippen molar-refractivity contribution in [2.24, 2.45) is 5.92 Å². The third-order valence-electron chi connectivity index (χ3n) is 4.79. The van der Waals surface area contributed by atoms with Gasteiger partial charge in [-0.25, -0.2) is 4.79 Å². The molecule has 2 atom stereocenters. The lowest BCUT2D eigenvalue weighted by atomic mass is 9.92. The van der Waals surface area contributed by atoms with Gasteiger partial charge in [0.1, 0.15) is 0 Å². The first kappa shape index (κ1) is 16.1. The van der Waals surface area contributed by atoms with Crippen LogP contribution in [0.3, 0.4) is 0 Å². The monoisotopic (exact) mass is 297 g/mol. The minimum Gasteiger partial charge on any atom is -0.481 e. The number of likely N-dealkylation sites (tertiary alicyclic amines) is 1. The van der Waals surface area contributed by atoms with Crippen molar-refractivity contribution in [3.63, 3.8) is 0 Å². The lowest BCUT2D eigenvalue weighted by Crippen LogP contribution is -2.57. The molecule has 2 aliphatic heterocycles. The summed E-state index contributed by atoms with van der Waals surface area (Å²) in [6, 6.07) is 0.609. The summed E-state index contributed by atoms with van der Waals surface area (Å²) in [5.41, 5.74) is 0. The Morgan fingerprint density at radius 1 is 1.10 bits per heavy atom. The summed E-state index contributed by atoms with van der Waals surface area (Å²) in [5, 5.41) is 9.09. The Morgan fingerprint density at radius 2 is 1.71 bits per heavy atom. The third-order valence-corrected chi connectivity index (χ3v) is 4.79. The van der Waals surface area contributed by atoms with E-state index in [4.69, 9.17) is 5.11 Å². The number of hydrogen-bond donors (Lipinski definition) is 1. The van der Waals surface area contributed by atoms with Crippen molar-refractivity contribution in [2.75, 3.05) is 32.7 Å². The van der Waals surface area contributed by atoms with Crippen molar-refractivity contribution in [3.8, 4) is 0 Å². The Hall–Kier alpha value is -1.30. The molecule has 0 aromatic heterocycles. The van der Waals surface area contributed by atoms with Gasteiger partial charge in [-0.1, -0.05) is 0 Å². The Balaban J connectivity index is 1.88. The number of carboxylic acids is 1. The van der Waals surface area contributed by atoms with Gasteiger partial charge in [0.15, 0.2) is 0 Å². The van der Waals surface area contributed by atoms with Crippen molar-refractivity contribution in [1.82, 2.24) is 14.7 Å². The highest BCUT2D eigenvalue weighted by molar-refractivity contribution is 5.76. The van der Waals surface area contributed by atoms with Crippen molar-refractivity contribution in [1.29, 1.82) is 0 Å². The first-order valence-electron chi connectivity index (χ1n) is 7.92. The molecule has 0 radical (unpaired) electrons. The van der Waals surface area contributed by atoms with E-state index in [2.05, 4.69) is 18.7 Å². The van der Waals surface area contributed by atoms with Gasteiger partial charge in [-0.2, -0.15) is 0 Å². The maximum atomic E-state index is 12.6. The zero-order valence-electron chi connectivity index (χ0n) is 13.3. The number of urea groups is 1. The summed E-state index contributed by atoms with van der Waals surface area (Å²) in [5.74, 6) is -1.04. The van der Waals surface area contributed by atoms with Gasteiger partial charge in [0.2, 0.25) is 0 Å². The minimum atomic E-state index is -0.737. The van der Waals surface area contributed by atoms with Crippen LogP contribution in [0.25, 0.3) is 0 Å². The molecular weight excluding hydrogens is 270 g/mol.